The summed E-state index contributed by atoms with van der Waals surface area (Å²) in [6.45, 7) is 0. The first kappa shape index (κ1) is 23.2. The summed E-state index contributed by atoms with van der Waals surface area (Å²) in [5.41, 5.74) is 2.15. The predicted molar refractivity (Wildman–Crippen MR) is 131 cm³/mol. The molecule has 1 unspecified atom stereocenters. The SMILES string of the molecule is O=C(NC(C(=O)NC(c1ccccc1)c1ccccc1)c1ccc(Cl)cc1)c1ccccc1F. The van der Waals surface area contributed by atoms with E-state index in [4.69, 9.17) is 11.6 Å². The molecule has 0 aromatic heterocycles. The van der Waals surface area contributed by atoms with Crippen LogP contribution in [0.3, 0.4) is 0 Å². The van der Waals surface area contributed by atoms with E-state index in [-0.39, 0.29) is 5.56 Å². The molecular formula is C28H22ClFN2O2. The Kier molecular flexibility index (Phi) is 7.35. The Labute approximate surface area is 202 Å². The number of carbonyl (C=O) groups is 2. The molecule has 6 heteroatoms. The first-order chi connectivity index (χ1) is 16.5. The van der Waals surface area contributed by atoms with Gasteiger partial charge in [0, 0.05) is 5.02 Å². The van der Waals surface area contributed by atoms with Crippen LogP contribution in [0.25, 0.3) is 0 Å². The van der Waals surface area contributed by atoms with Gasteiger partial charge in [0.05, 0.1) is 11.6 Å². The number of rotatable bonds is 7. The quantitative estimate of drug-likeness (QED) is 0.354. The first-order valence-electron chi connectivity index (χ1n) is 10.7. The molecule has 0 spiro atoms. The largest absolute Gasteiger partial charge is 0.343 e. The molecule has 0 aliphatic rings. The Bertz CT molecular complexity index is 1230. The van der Waals surface area contributed by atoms with Crippen LogP contribution in [0.2, 0.25) is 5.02 Å². The Morgan fingerprint density at radius 3 is 1.74 bits per heavy atom. The van der Waals surface area contributed by atoms with Gasteiger partial charge in [-0.1, -0.05) is 96.5 Å². The predicted octanol–water partition coefficient (Wildman–Crippen LogP) is 5.86. The van der Waals surface area contributed by atoms with Gasteiger partial charge in [-0.15, -0.1) is 0 Å². The van der Waals surface area contributed by atoms with Crippen molar-refractivity contribution in [2.24, 2.45) is 0 Å². The van der Waals surface area contributed by atoms with E-state index in [1.54, 1.807) is 30.3 Å². The summed E-state index contributed by atoms with van der Waals surface area (Å²) < 4.78 is 14.2. The van der Waals surface area contributed by atoms with Crippen LogP contribution in [-0.4, -0.2) is 11.8 Å². The topological polar surface area (TPSA) is 58.2 Å². The summed E-state index contributed by atoms with van der Waals surface area (Å²) in [7, 11) is 0. The molecule has 0 bridgehead atoms. The zero-order chi connectivity index (χ0) is 23.9. The van der Waals surface area contributed by atoms with Crippen molar-refractivity contribution in [2.75, 3.05) is 0 Å². The molecule has 4 aromatic rings. The Morgan fingerprint density at radius 1 is 0.647 bits per heavy atom. The molecule has 0 saturated heterocycles. The standard InChI is InChI=1S/C28H22ClFN2O2/c29-22-17-15-21(16-18-22)26(32-27(33)23-13-7-8-14-24(23)30)28(34)31-25(19-9-3-1-4-10-19)20-11-5-2-6-12-20/h1-18,25-26H,(H,31,34)(H,32,33). The normalized spacial score (nSPS) is 11.6. The maximum absolute atomic E-state index is 14.2. The molecule has 0 fully saturated rings. The van der Waals surface area contributed by atoms with E-state index in [1.807, 2.05) is 60.7 Å². The van der Waals surface area contributed by atoms with Crippen molar-refractivity contribution in [2.45, 2.75) is 12.1 Å². The average Bonchev–Trinajstić information content (AvgIpc) is 2.87. The molecule has 4 rings (SSSR count). The van der Waals surface area contributed by atoms with Gasteiger partial charge in [-0.3, -0.25) is 9.59 Å². The summed E-state index contributed by atoms with van der Waals surface area (Å²) in [6, 6.07) is 29.8. The van der Waals surface area contributed by atoms with Gasteiger partial charge in [0.2, 0.25) is 5.91 Å². The summed E-state index contributed by atoms with van der Waals surface area (Å²) in [4.78, 5) is 26.5. The second-order valence-electron chi connectivity index (χ2n) is 7.70. The van der Waals surface area contributed by atoms with Crippen molar-refractivity contribution >= 4 is 23.4 Å². The van der Waals surface area contributed by atoms with E-state index in [2.05, 4.69) is 10.6 Å². The number of halogens is 2. The zero-order valence-electron chi connectivity index (χ0n) is 18.1. The number of benzene rings is 4. The van der Waals surface area contributed by atoms with Crippen LogP contribution in [0.1, 0.15) is 39.1 Å². The third-order valence-corrected chi connectivity index (χ3v) is 5.66. The lowest BCUT2D eigenvalue weighted by Crippen LogP contribution is -2.42. The van der Waals surface area contributed by atoms with E-state index in [0.717, 1.165) is 11.1 Å². The van der Waals surface area contributed by atoms with E-state index >= 15 is 0 Å². The summed E-state index contributed by atoms with van der Waals surface area (Å²) in [5, 5.41) is 6.23. The molecule has 0 heterocycles. The van der Waals surface area contributed by atoms with Crippen LogP contribution in [0.4, 0.5) is 4.39 Å². The number of nitrogens with one attached hydrogen (secondary N) is 2. The van der Waals surface area contributed by atoms with Gasteiger partial charge in [0.15, 0.2) is 0 Å². The molecular weight excluding hydrogens is 451 g/mol. The van der Waals surface area contributed by atoms with Gasteiger partial charge >= 0.3 is 0 Å². The number of hydrogen-bond donors (Lipinski definition) is 2. The lowest BCUT2D eigenvalue weighted by molar-refractivity contribution is -0.123. The fraction of sp³-hybridized carbons (Fsp3) is 0.0714. The van der Waals surface area contributed by atoms with Crippen LogP contribution in [-0.2, 0) is 4.79 Å². The van der Waals surface area contributed by atoms with Crippen molar-refractivity contribution < 1.29 is 14.0 Å². The Hall–Kier alpha value is -3.96. The number of hydrogen-bond acceptors (Lipinski definition) is 2. The van der Waals surface area contributed by atoms with Crippen LogP contribution < -0.4 is 10.6 Å². The molecule has 1 atom stereocenters. The molecule has 2 amide bonds. The lowest BCUT2D eigenvalue weighted by Gasteiger charge is -2.25. The molecule has 170 valence electrons. The van der Waals surface area contributed by atoms with E-state index in [1.165, 1.54) is 18.2 Å². The monoisotopic (exact) mass is 472 g/mol. The molecule has 0 saturated carbocycles. The fourth-order valence-electron chi connectivity index (χ4n) is 3.69. The highest BCUT2D eigenvalue weighted by atomic mass is 35.5. The average molecular weight is 473 g/mol. The maximum Gasteiger partial charge on any atom is 0.255 e. The third-order valence-electron chi connectivity index (χ3n) is 5.41. The van der Waals surface area contributed by atoms with Crippen LogP contribution in [0.15, 0.2) is 109 Å². The summed E-state index contributed by atoms with van der Waals surface area (Å²) in [6.07, 6.45) is 0. The van der Waals surface area contributed by atoms with Crippen molar-refractivity contribution in [1.29, 1.82) is 0 Å². The summed E-state index contributed by atoms with van der Waals surface area (Å²) in [5.74, 6) is -1.80. The highest BCUT2D eigenvalue weighted by molar-refractivity contribution is 6.30. The maximum atomic E-state index is 14.2. The van der Waals surface area contributed by atoms with Gasteiger partial charge in [-0.05, 0) is 41.0 Å². The molecule has 0 aliphatic carbocycles. The van der Waals surface area contributed by atoms with Crippen LogP contribution in [0, 0.1) is 5.82 Å². The highest BCUT2D eigenvalue weighted by Gasteiger charge is 2.27. The second kappa shape index (κ2) is 10.8. The van der Waals surface area contributed by atoms with Gasteiger partial charge in [0.1, 0.15) is 11.9 Å². The smallest absolute Gasteiger partial charge is 0.255 e. The zero-order valence-corrected chi connectivity index (χ0v) is 18.9. The molecule has 2 N–H and O–H groups in total. The molecule has 4 nitrogen and oxygen atoms in total. The van der Waals surface area contributed by atoms with Crippen molar-refractivity contribution in [1.82, 2.24) is 10.6 Å². The fourth-order valence-corrected chi connectivity index (χ4v) is 3.81. The van der Waals surface area contributed by atoms with Gasteiger partial charge in [-0.2, -0.15) is 0 Å². The minimum atomic E-state index is -1.07. The van der Waals surface area contributed by atoms with Gasteiger partial charge < -0.3 is 10.6 Å². The van der Waals surface area contributed by atoms with Gasteiger partial charge in [0.25, 0.3) is 5.91 Å². The number of amides is 2. The molecule has 34 heavy (non-hydrogen) atoms. The highest BCUT2D eigenvalue weighted by Crippen LogP contribution is 2.24. The van der Waals surface area contributed by atoms with Gasteiger partial charge in [-0.25, -0.2) is 4.39 Å². The van der Waals surface area contributed by atoms with Crippen LogP contribution in [0.5, 0.6) is 0 Å². The molecule has 0 aliphatic heterocycles. The number of carbonyl (C=O) groups excluding carboxylic acids is 2. The van der Waals surface area contributed by atoms with Crippen molar-refractivity contribution in [3.05, 3.63) is 142 Å². The first-order valence-corrected chi connectivity index (χ1v) is 11.1. The Morgan fingerprint density at radius 2 is 1.18 bits per heavy atom. The van der Waals surface area contributed by atoms with E-state index < -0.39 is 29.7 Å². The van der Waals surface area contributed by atoms with Crippen LogP contribution >= 0.6 is 11.6 Å². The summed E-state index contributed by atoms with van der Waals surface area (Å²) >= 11 is 6.03. The Balaban J connectivity index is 1.67. The van der Waals surface area contributed by atoms with E-state index in [0.29, 0.717) is 10.6 Å². The van der Waals surface area contributed by atoms with E-state index in [9.17, 15) is 14.0 Å². The third kappa shape index (κ3) is 5.50. The molecule has 0 radical (unpaired) electrons. The van der Waals surface area contributed by atoms with Crippen molar-refractivity contribution in [3.63, 3.8) is 0 Å². The minimum Gasteiger partial charge on any atom is -0.343 e. The van der Waals surface area contributed by atoms with Crippen molar-refractivity contribution in [3.8, 4) is 0 Å². The molecule has 4 aromatic carbocycles. The lowest BCUT2D eigenvalue weighted by atomic mass is 9.97. The minimum absolute atomic E-state index is 0.142. The second-order valence-corrected chi connectivity index (χ2v) is 8.14.